The zero-order valence-corrected chi connectivity index (χ0v) is 36.5. The zero-order valence-electron chi connectivity index (χ0n) is 35.5. The van der Waals surface area contributed by atoms with Crippen LogP contribution in [0.25, 0.3) is 0 Å². The van der Waals surface area contributed by atoms with E-state index in [4.69, 9.17) is 42.3 Å². The molecule has 0 bridgehead atoms. The second-order valence-corrected chi connectivity index (χ2v) is 22.6. The summed E-state index contributed by atoms with van der Waals surface area (Å²) in [6.07, 6.45) is -3.39. The van der Waals surface area contributed by atoms with Gasteiger partial charge in [-0.05, 0) is 58.7 Å². The minimum absolute atomic E-state index is 0.0468. The van der Waals surface area contributed by atoms with E-state index in [2.05, 4.69) is 47.7 Å². The van der Waals surface area contributed by atoms with Crippen LogP contribution < -0.4 is 0 Å². The molecule has 3 aliphatic heterocycles. The van der Waals surface area contributed by atoms with Crippen molar-refractivity contribution in [3.05, 3.63) is 0 Å². The number of carbonyl (C=O) groups excluding carboxylic acids is 2. The van der Waals surface area contributed by atoms with E-state index in [1.807, 2.05) is 0 Å². The van der Waals surface area contributed by atoms with E-state index in [0.717, 1.165) is 51.4 Å². The van der Waals surface area contributed by atoms with Gasteiger partial charge >= 0.3 is 11.9 Å². The molecule has 0 aromatic rings. The normalized spacial score (nSPS) is 31.3. The number of hydrogen-bond donors (Lipinski definition) is 3. The Hall–Kier alpha value is -1.24. The van der Waals surface area contributed by atoms with Gasteiger partial charge < -0.3 is 57.6 Å². The summed E-state index contributed by atoms with van der Waals surface area (Å²) in [6.45, 7) is 21.5. The Morgan fingerprint density at radius 1 is 0.745 bits per heavy atom. The summed E-state index contributed by atoms with van der Waals surface area (Å²) >= 11 is 0. The first-order chi connectivity index (χ1) is 25.6. The van der Waals surface area contributed by atoms with Crippen LogP contribution in [0, 0.1) is 0 Å². The predicted molar refractivity (Wildman–Crippen MR) is 206 cm³/mol. The molecular weight excluding hydrogens is 733 g/mol. The molecular formula is C40H74O14Si. The van der Waals surface area contributed by atoms with Crippen LogP contribution in [0.15, 0.2) is 0 Å². The molecule has 3 saturated heterocycles. The van der Waals surface area contributed by atoms with Gasteiger partial charge in [-0.1, -0.05) is 86.0 Å². The van der Waals surface area contributed by atoms with Crippen molar-refractivity contribution < 1.29 is 67.2 Å². The molecule has 0 amide bonds. The van der Waals surface area contributed by atoms with Gasteiger partial charge in [-0.25, -0.2) is 0 Å². The number of rotatable bonds is 22. The summed E-state index contributed by atoms with van der Waals surface area (Å²) < 4.78 is 55.5. The van der Waals surface area contributed by atoms with Gasteiger partial charge in [0.1, 0.15) is 36.6 Å². The van der Waals surface area contributed by atoms with Crippen molar-refractivity contribution in [1.82, 2.24) is 0 Å². The largest absolute Gasteiger partial charge is 0.455 e. The highest BCUT2D eigenvalue weighted by Crippen LogP contribution is 2.42. The number of unbranched alkanes of at least 4 members (excludes halogenated alkanes) is 8. The fourth-order valence-corrected chi connectivity index (χ4v) is 7.88. The third kappa shape index (κ3) is 14.2. The standard InChI is InChI=1S/C40H74O14Si/c1-12-14-16-18-20-22-28(42)48-32-30(44)26(24-41)47-37(35(32)49-29(43)23-21-19-17-15-13-2)50-36(45)34-33(53-40(8,9)54-34)31-27(51-39(6,7)52-31)25-46-55(10,11)38(3,4)5/h26-27,30-37,41,44-45H,12-25H2,1-11H3/t26-,27-,30-,31-,32+,33+,34+,35+,36?,37+/m1/s1. The summed E-state index contributed by atoms with van der Waals surface area (Å²) in [5, 5.41) is 33.2. The van der Waals surface area contributed by atoms with Gasteiger partial charge in [0, 0.05) is 12.8 Å². The minimum atomic E-state index is -2.18. The van der Waals surface area contributed by atoms with Crippen LogP contribution in [-0.4, -0.2) is 122 Å². The van der Waals surface area contributed by atoms with Crippen LogP contribution in [0.5, 0.6) is 0 Å². The van der Waals surface area contributed by atoms with Crippen molar-refractivity contribution in [3.8, 4) is 0 Å². The van der Waals surface area contributed by atoms with Gasteiger partial charge in [-0.15, -0.1) is 0 Å². The van der Waals surface area contributed by atoms with Crippen molar-refractivity contribution in [2.45, 2.75) is 230 Å². The van der Waals surface area contributed by atoms with E-state index in [1.54, 1.807) is 27.7 Å². The Balaban J connectivity index is 1.87. The van der Waals surface area contributed by atoms with Crippen molar-refractivity contribution in [2.24, 2.45) is 0 Å². The summed E-state index contributed by atoms with van der Waals surface area (Å²) in [5.41, 5.74) is 0. The quantitative estimate of drug-likeness (QED) is 0.0502. The van der Waals surface area contributed by atoms with Crippen LogP contribution in [0.3, 0.4) is 0 Å². The molecule has 10 atom stereocenters. The molecule has 3 rings (SSSR count). The van der Waals surface area contributed by atoms with Crippen molar-refractivity contribution in [3.63, 3.8) is 0 Å². The van der Waals surface area contributed by atoms with Gasteiger partial charge in [0.2, 0.25) is 6.29 Å². The lowest BCUT2D eigenvalue weighted by molar-refractivity contribution is -0.346. The van der Waals surface area contributed by atoms with Gasteiger partial charge in [0.05, 0.1) is 13.2 Å². The van der Waals surface area contributed by atoms with E-state index >= 15 is 0 Å². The molecule has 14 nitrogen and oxygen atoms in total. The van der Waals surface area contributed by atoms with E-state index in [1.165, 1.54) is 0 Å². The number of ether oxygens (including phenoxy) is 8. The van der Waals surface area contributed by atoms with Crippen molar-refractivity contribution in [2.75, 3.05) is 13.2 Å². The third-order valence-corrected chi connectivity index (χ3v) is 15.5. The van der Waals surface area contributed by atoms with Crippen molar-refractivity contribution in [1.29, 1.82) is 0 Å². The lowest BCUT2D eigenvalue weighted by atomic mass is 9.98. The molecule has 3 fully saturated rings. The van der Waals surface area contributed by atoms with Gasteiger partial charge in [-0.3, -0.25) is 9.59 Å². The monoisotopic (exact) mass is 806 g/mol. The van der Waals surface area contributed by atoms with E-state index in [9.17, 15) is 24.9 Å². The molecule has 322 valence electrons. The molecule has 3 heterocycles. The maximum atomic E-state index is 13.2. The van der Waals surface area contributed by atoms with Crippen LogP contribution in [0.4, 0.5) is 0 Å². The Kier molecular flexibility index (Phi) is 18.5. The molecule has 0 aliphatic carbocycles. The van der Waals surface area contributed by atoms with Gasteiger partial charge in [-0.2, -0.15) is 0 Å². The smallest absolute Gasteiger partial charge is 0.306 e. The molecule has 3 N–H and O–H groups in total. The average molecular weight is 807 g/mol. The first kappa shape index (κ1) is 48.1. The highest BCUT2D eigenvalue weighted by atomic mass is 28.4. The van der Waals surface area contributed by atoms with Crippen molar-refractivity contribution >= 4 is 20.3 Å². The topological polar surface area (TPSA) is 178 Å². The van der Waals surface area contributed by atoms with Gasteiger partial charge in [0.25, 0.3) is 0 Å². The third-order valence-electron chi connectivity index (χ3n) is 11.0. The maximum absolute atomic E-state index is 13.2. The summed E-state index contributed by atoms with van der Waals surface area (Å²) in [7, 11) is -2.18. The number of esters is 2. The molecule has 0 aromatic carbocycles. The summed E-state index contributed by atoms with van der Waals surface area (Å²) in [6, 6.07) is 0. The molecule has 0 spiro atoms. The lowest BCUT2D eigenvalue weighted by Gasteiger charge is -2.43. The molecule has 15 heteroatoms. The fraction of sp³-hybridized carbons (Fsp3) is 0.950. The second kappa shape index (κ2) is 21.1. The Labute approximate surface area is 330 Å². The molecule has 55 heavy (non-hydrogen) atoms. The maximum Gasteiger partial charge on any atom is 0.306 e. The van der Waals surface area contributed by atoms with E-state index < -0.39 is 99.8 Å². The average Bonchev–Trinajstić information content (AvgIpc) is 3.59. The fourth-order valence-electron chi connectivity index (χ4n) is 6.86. The van der Waals surface area contributed by atoms with Crippen LogP contribution in [0.1, 0.15) is 139 Å². The highest BCUT2D eigenvalue weighted by Gasteiger charge is 2.58. The predicted octanol–water partition coefficient (Wildman–Crippen LogP) is 6.01. The van der Waals surface area contributed by atoms with Crippen LogP contribution >= 0.6 is 0 Å². The number of carbonyl (C=O) groups is 2. The van der Waals surface area contributed by atoms with Crippen LogP contribution in [0.2, 0.25) is 18.1 Å². The highest BCUT2D eigenvalue weighted by molar-refractivity contribution is 6.74. The number of hydrogen-bond acceptors (Lipinski definition) is 14. The first-order valence-corrected chi connectivity index (χ1v) is 23.6. The molecule has 0 radical (unpaired) electrons. The number of aliphatic hydroxyl groups is 3. The van der Waals surface area contributed by atoms with E-state index in [-0.39, 0.29) is 24.5 Å². The first-order valence-electron chi connectivity index (χ1n) is 20.7. The molecule has 3 aliphatic rings. The second-order valence-electron chi connectivity index (χ2n) is 17.8. The van der Waals surface area contributed by atoms with Crippen LogP contribution in [-0.2, 0) is 51.9 Å². The molecule has 1 unspecified atom stereocenters. The summed E-state index contributed by atoms with van der Waals surface area (Å²) in [4.78, 5) is 26.3. The van der Waals surface area contributed by atoms with E-state index in [0.29, 0.717) is 12.8 Å². The summed E-state index contributed by atoms with van der Waals surface area (Å²) in [5.74, 6) is -3.39. The molecule has 0 aromatic heterocycles. The SMILES string of the molecule is CCCCCCCC(=O)O[C@@H]1[C@H](OC(O)[C@H]2OC(C)(C)O[C@H]2[C@@H]2OC(C)(C)O[C@@H]2CO[Si](C)(C)C(C)(C)C)O[C@H](CO)[C@@H](O)[C@@H]1OC(=O)CCCCCCC. The minimum Gasteiger partial charge on any atom is -0.455 e. The number of aliphatic hydroxyl groups excluding tert-OH is 3. The Morgan fingerprint density at radius 3 is 1.78 bits per heavy atom. The Bertz CT molecular complexity index is 1170. The van der Waals surface area contributed by atoms with Gasteiger partial charge in [0.15, 0.2) is 38.4 Å². The Morgan fingerprint density at radius 2 is 1.25 bits per heavy atom. The molecule has 0 saturated carbocycles. The lowest BCUT2D eigenvalue weighted by Crippen LogP contribution is -2.63. The zero-order chi connectivity index (χ0) is 41.2.